The number of carbonyl (C=O) groups is 2. The zero-order chi connectivity index (χ0) is 20.4. The molecule has 5 nitrogen and oxygen atoms in total. The minimum atomic E-state index is -0.173. The van der Waals surface area contributed by atoms with E-state index in [-0.39, 0.29) is 11.8 Å². The normalized spacial score (nSPS) is 19.8. The standard InChI is InChI=1S/C23H29N3O2S/c1-16(2)17-5-7-18(8-6-17)21(27)24-22-20(10-14-29-22)23(28)26-13-9-19(15-26)25-11-3-4-12-25/h5-8,10,14,16,19H,3-4,9,11-13,15H2,1-2H3,(H,24,27). The third-order valence-corrected chi connectivity index (χ3v) is 6.90. The fourth-order valence-corrected chi connectivity index (χ4v) is 5.04. The number of hydrogen-bond donors (Lipinski definition) is 1. The van der Waals surface area contributed by atoms with Crippen molar-refractivity contribution in [2.75, 3.05) is 31.5 Å². The molecule has 6 heteroatoms. The number of hydrogen-bond acceptors (Lipinski definition) is 4. The van der Waals surface area contributed by atoms with Crippen LogP contribution in [0.3, 0.4) is 0 Å². The van der Waals surface area contributed by atoms with Gasteiger partial charge in [0.1, 0.15) is 5.00 Å². The van der Waals surface area contributed by atoms with Crippen LogP contribution in [0.4, 0.5) is 5.00 Å². The van der Waals surface area contributed by atoms with Crippen molar-refractivity contribution in [3.8, 4) is 0 Å². The Bertz CT molecular complexity index is 869. The van der Waals surface area contributed by atoms with Gasteiger partial charge in [-0.05, 0) is 67.4 Å². The third-order valence-electron chi connectivity index (χ3n) is 6.07. The minimum absolute atomic E-state index is 0.0263. The second-order valence-corrected chi connectivity index (χ2v) is 9.25. The summed E-state index contributed by atoms with van der Waals surface area (Å²) in [6, 6.07) is 9.98. The Hall–Kier alpha value is -2.18. The van der Waals surface area contributed by atoms with Crippen LogP contribution in [0.15, 0.2) is 35.7 Å². The highest BCUT2D eigenvalue weighted by atomic mass is 32.1. The highest BCUT2D eigenvalue weighted by Gasteiger charge is 2.33. The Balaban J connectivity index is 1.41. The maximum absolute atomic E-state index is 13.1. The van der Waals surface area contributed by atoms with Crippen molar-refractivity contribution in [3.63, 3.8) is 0 Å². The van der Waals surface area contributed by atoms with Crippen molar-refractivity contribution in [1.29, 1.82) is 0 Å². The average molecular weight is 412 g/mol. The van der Waals surface area contributed by atoms with E-state index >= 15 is 0 Å². The topological polar surface area (TPSA) is 52.7 Å². The molecule has 1 N–H and O–H groups in total. The fourth-order valence-electron chi connectivity index (χ4n) is 4.27. The SMILES string of the molecule is CC(C)c1ccc(C(=O)Nc2sccc2C(=O)N2CCC(N3CCCC3)C2)cc1. The van der Waals surface area contributed by atoms with E-state index in [1.165, 1.54) is 29.7 Å². The van der Waals surface area contributed by atoms with E-state index in [4.69, 9.17) is 0 Å². The molecule has 0 saturated carbocycles. The second-order valence-electron chi connectivity index (χ2n) is 8.33. The Kier molecular flexibility index (Phi) is 6.01. The number of nitrogens with zero attached hydrogens (tertiary/aromatic N) is 2. The van der Waals surface area contributed by atoms with E-state index in [2.05, 4.69) is 24.1 Å². The first-order valence-electron chi connectivity index (χ1n) is 10.5. The Labute approximate surface area is 176 Å². The van der Waals surface area contributed by atoms with Gasteiger partial charge in [0.15, 0.2) is 0 Å². The molecular weight excluding hydrogens is 382 g/mol. The predicted octanol–water partition coefficient (Wildman–Crippen LogP) is 4.43. The zero-order valence-electron chi connectivity index (χ0n) is 17.2. The van der Waals surface area contributed by atoms with Gasteiger partial charge in [0.2, 0.25) is 0 Å². The van der Waals surface area contributed by atoms with Crippen molar-refractivity contribution in [2.45, 2.75) is 45.1 Å². The molecule has 2 aromatic rings. The highest BCUT2D eigenvalue weighted by molar-refractivity contribution is 7.14. The van der Waals surface area contributed by atoms with Crippen LogP contribution >= 0.6 is 11.3 Å². The molecule has 1 aromatic heterocycles. The lowest BCUT2D eigenvalue weighted by Crippen LogP contribution is -2.37. The quantitative estimate of drug-likeness (QED) is 0.792. The van der Waals surface area contributed by atoms with Gasteiger partial charge in [0.05, 0.1) is 5.56 Å². The number of carbonyl (C=O) groups excluding carboxylic acids is 2. The van der Waals surface area contributed by atoms with Gasteiger partial charge in [0, 0.05) is 24.7 Å². The zero-order valence-corrected chi connectivity index (χ0v) is 18.0. The number of thiophene rings is 1. The van der Waals surface area contributed by atoms with E-state index in [1.54, 1.807) is 0 Å². The van der Waals surface area contributed by atoms with E-state index < -0.39 is 0 Å². The molecule has 4 rings (SSSR count). The molecule has 1 atom stereocenters. The van der Waals surface area contributed by atoms with Crippen molar-refractivity contribution < 1.29 is 9.59 Å². The van der Waals surface area contributed by atoms with E-state index in [0.29, 0.717) is 28.1 Å². The summed E-state index contributed by atoms with van der Waals surface area (Å²) in [4.78, 5) is 30.2. The summed E-state index contributed by atoms with van der Waals surface area (Å²) in [6.45, 7) is 8.15. The Morgan fingerprint density at radius 3 is 2.48 bits per heavy atom. The van der Waals surface area contributed by atoms with Crippen molar-refractivity contribution in [2.24, 2.45) is 0 Å². The first-order chi connectivity index (χ1) is 14.0. The molecule has 2 amide bonds. The lowest BCUT2D eigenvalue weighted by atomic mass is 10.0. The summed E-state index contributed by atoms with van der Waals surface area (Å²) in [7, 11) is 0. The van der Waals surface area contributed by atoms with Gasteiger partial charge < -0.3 is 10.2 Å². The molecule has 0 spiro atoms. The largest absolute Gasteiger partial charge is 0.337 e. The van der Waals surface area contributed by atoms with Gasteiger partial charge in [-0.3, -0.25) is 14.5 Å². The third kappa shape index (κ3) is 4.38. The molecular formula is C23H29N3O2S. The van der Waals surface area contributed by atoms with E-state index in [1.807, 2.05) is 40.6 Å². The average Bonchev–Trinajstić information content (AvgIpc) is 3.48. The second kappa shape index (κ2) is 8.67. The lowest BCUT2D eigenvalue weighted by Gasteiger charge is -2.23. The Morgan fingerprint density at radius 1 is 1.07 bits per heavy atom. The number of likely N-dealkylation sites (tertiary alicyclic amines) is 2. The molecule has 29 heavy (non-hydrogen) atoms. The molecule has 1 unspecified atom stereocenters. The molecule has 1 aromatic carbocycles. The predicted molar refractivity (Wildman–Crippen MR) is 118 cm³/mol. The summed E-state index contributed by atoms with van der Waals surface area (Å²) >= 11 is 1.40. The van der Waals surface area contributed by atoms with E-state index in [0.717, 1.165) is 32.6 Å². The first kappa shape index (κ1) is 20.1. The number of nitrogens with one attached hydrogen (secondary N) is 1. The van der Waals surface area contributed by atoms with Crippen molar-refractivity contribution in [1.82, 2.24) is 9.80 Å². The maximum Gasteiger partial charge on any atom is 0.256 e. The first-order valence-corrected chi connectivity index (χ1v) is 11.4. The fraction of sp³-hybridized carbons (Fsp3) is 0.478. The monoisotopic (exact) mass is 411 g/mol. The molecule has 2 aliphatic heterocycles. The van der Waals surface area contributed by atoms with Crippen LogP contribution in [0.25, 0.3) is 0 Å². The van der Waals surface area contributed by atoms with Crippen LogP contribution in [-0.2, 0) is 0 Å². The molecule has 154 valence electrons. The number of anilines is 1. The number of rotatable bonds is 5. The molecule has 2 aliphatic rings. The summed E-state index contributed by atoms with van der Waals surface area (Å²) < 4.78 is 0. The molecule has 0 aliphatic carbocycles. The van der Waals surface area contributed by atoms with Gasteiger partial charge in [-0.1, -0.05) is 26.0 Å². The van der Waals surface area contributed by atoms with Gasteiger partial charge in [0.25, 0.3) is 11.8 Å². The molecule has 3 heterocycles. The van der Waals surface area contributed by atoms with Crippen LogP contribution in [0.2, 0.25) is 0 Å². The van der Waals surface area contributed by atoms with Gasteiger partial charge in [-0.2, -0.15) is 0 Å². The number of amides is 2. The van der Waals surface area contributed by atoms with Gasteiger partial charge in [-0.25, -0.2) is 0 Å². The van der Waals surface area contributed by atoms with Crippen LogP contribution in [0, 0.1) is 0 Å². The highest BCUT2D eigenvalue weighted by Crippen LogP contribution is 2.28. The smallest absolute Gasteiger partial charge is 0.256 e. The van der Waals surface area contributed by atoms with Crippen molar-refractivity contribution >= 4 is 28.2 Å². The lowest BCUT2D eigenvalue weighted by molar-refractivity contribution is 0.0781. The molecule has 0 bridgehead atoms. The number of benzene rings is 1. The van der Waals surface area contributed by atoms with Crippen LogP contribution in [0.1, 0.15) is 65.3 Å². The van der Waals surface area contributed by atoms with E-state index in [9.17, 15) is 9.59 Å². The summed E-state index contributed by atoms with van der Waals surface area (Å²) in [5.41, 5.74) is 2.41. The summed E-state index contributed by atoms with van der Waals surface area (Å²) in [6.07, 6.45) is 3.58. The summed E-state index contributed by atoms with van der Waals surface area (Å²) in [5.74, 6) is 0.282. The van der Waals surface area contributed by atoms with Crippen LogP contribution < -0.4 is 5.32 Å². The van der Waals surface area contributed by atoms with Crippen LogP contribution in [0.5, 0.6) is 0 Å². The molecule has 2 saturated heterocycles. The minimum Gasteiger partial charge on any atom is -0.337 e. The molecule has 0 radical (unpaired) electrons. The van der Waals surface area contributed by atoms with Crippen LogP contribution in [-0.4, -0.2) is 53.8 Å². The van der Waals surface area contributed by atoms with Gasteiger partial charge in [-0.15, -0.1) is 11.3 Å². The van der Waals surface area contributed by atoms with Crippen molar-refractivity contribution in [3.05, 3.63) is 52.4 Å². The Morgan fingerprint density at radius 2 is 1.79 bits per heavy atom. The maximum atomic E-state index is 13.1. The van der Waals surface area contributed by atoms with Gasteiger partial charge >= 0.3 is 0 Å². The summed E-state index contributed by atoms with van der Waals surface area (Å²) in [5, 5.41) is 5.46. The molecule has 2 fully saturated rings.